The lowest BCUT2D eigenvalue weighted by atomic mass is 9.94. The number of nitrogens with zero attached hydrogens (tertiary/aromatic N) is 1. The first-order chi connectivity index (χ1) is 13.3. The Morgan fingerprint density at radius 3 is 2.64 bits per heavy atom. The first-order valence-corrected chi connectivity index (χ1v) is 8.81. The Labute approximate surface area is 169 Å². The van der Waals surface area contributed by atoms with Crippen LogP contribution in [0.2, 0.25) is 10.0 Å². The molecule has 10 heteroatoms. The number of nitro groups is 1. The maximum Gasteiger partial charge on any atom is 0.319 e. The molecule has 1 aliphatic rings. The van der Waals surface area contributed by atoms with Gasteiger partial charge in [-0.2, -0.15) is 0 Å². The summed E-state index contributed by atoms with van der Waals surface area (Å²) >= 11 is 12.2. The summed E-state index contributed by atoms with van der Waals surface area (Å²) in [5.74, 6) is -0.540. The molecule has 0 saturated carbocycles. The van der Waals surface area contributed by atoms with Gasteiger partial charge in [-0.1, -0.05) is 35.3 Å². The molecule has 1 atom stereocenters. The number of allylic oxidation sites excluding steroid dienone is 1. The van der Waals surface area contributed by atoms with Gasteiger partial charge in [0.15, 0.2) is 0 Å². The molecule has 0 aromatic heterocycles. The summed E-state index contributed by atoms with van der Waals surface area (Å²) in [7, 11) is 0. The van der Waals surface area contributed by atoms with E-state index in [2.05, 4.69) is 16.0 Å². The van der Waals surface area contributed by atoms with Gasteiger partial charge in [0.1, 0.15) is 0 Å². The summed E-state index contributed by atoms with van der Waals surface area (Å²) in [6.07, 6.45) is 0. The van der Waals surface area contributed by atoms with Gasteiger partial charge in [0, 0.05) is 33.6 Å². The fourth-order valence-corrected chi connectivity index (χ4v) is 3.38. The van der Waals surface area contributed by atoms with Crippen LogP contribution in [0.1, 0.15) is 18.5 Å². The number of hydrogen-bond donors (Lipinski definition) is 3. The van der Waals surface area contributed by atoms with E-state index in [-0.39, 0.29) is 22.0 Å². The average Bonchev–Trinajstić information content (AvgIpc) is 2.61. The van der Waals surface area contributed by atoms with E-state index >= 15 is 0 Å². The Kier molecular flexibility index (Phi) is 5.53. The van der Waals surface area contributed by atoms with Gasteiger partial charge in [0.2, 0.25) is 0 Å². The van der Waals surface area contributed by atoms with Crippen molar-refractivity contribution in [2.75, 3.05) is 5.32 Å². The van der Waals surface area contributed by atoms with Crippen LogP contribution in [0.5, 0.6) is 0 Å². The van der Waals surface area contributed by atoms with Crippen molar-refractivity contribution in [3.8, 4) is 0 Å². The third-order valence-corrected chi connectivity index (χ3v) is 4.66. The molecule has 0 unspecified atom stereocenters. The molecule has 0 aliphatic carbocycles. The van der Waals surface area contributed by atoms with Crippen molar-refractivity contribution < 1.29 is 14.5 Å². The fraction of sp³-hybridized carbons (Fsp3) is 0.111. The van der Waals surface area contributed by atoms with E-state index in [1.807, 2.05) is 0 Å². The highest BCUT2D eigenvalue weighted by Crippen LogP contribution is 2.33. The molecule has 2 aromatic rings. The molecule has 144 valence electrons. The maximum absolute atomic E-state index is 12.9. The van der Waals surface area contributed by atoms with E-state index in [4.69, 9.17) is 23.2 Å². The zero-order valence-corrected chi connectivity index (χ0v) is 16.0. The van der Waals surface area contributed by atoms with Gasteiger partial charge < -0.3 is 16.0 Å². The molecule has 1 heterocycles. The van der Waals surface area contributed by atoms with Crippen molar-refractivity contribution in [1.82, 2.24) is 10.6 Å². The molecule has 0 radical (unpaired) electrons. The second-order valence-corrected chi connectivity index (χ2v) is 6.84. The number of halogens is 2. The van der Waals surface area contributed by atoms with E-state index < -0.39 is 22.9 Å². The van der Waals surface area contributed by atoms with E-state index in [9.17, 15) is 19.7 Å². The summed E-state index contributed by atoms with van der Waals surface area (Å²) in [5, 5.41) is 19.5. The lowest BCUT2D eigenvalue weighted by Gasteiger charge is -2.29. The predicted octanol–water partition coefficient (Wildman–Crippen LogP) is 4.17. The summed E-state index contributed by atoms with van der Waals surface area (Å²) in [6, 6.07) is 8.97. The normalized spacial score (nSPS) is 16.2. The highest BCUT2D eigenvalue weighted by Gasteiger charge is 2.32. The SMILES string of the molecule is CC1=C(C(=O)Nc2cccc([N+](=O)[O-])c2)[C@H](c2ccc(Cl)cc2Cl)NC(=O)N1. The number of nitro benzene ring substituents is 1. The number of carbonyl (C=O) groups excluding carboxylic acids is 2. The molecule has 3 rings (SSSR count). The van der Waals surface area contributed by atoms with Crippen molar-refractivity contribution >= 4 is 46.5 Å². The monoisotopic (exact) mass is 420 g/mol. The van der Waals surface area contributed by atoms with Gasteiger partial charge >= 0.3 is 6.03 Å². The van der Waals surface area contributed by atoms with Crippen LogP contribution < -0.4 is 16.0 Å². The van der Waals surface area contributed by atoms with E-state index in [0.717, 1.165) is 0 Å². The zero-order chi connectivity index (χ0) is 20.4. The number of benzene rings is 2. The van der Waals surface area contributed by atoms with Gasteiger partial charge in [0.05, 0.1) is 16.5 Å². The summed E-state index contributed by atoms with van der Waals surface area (Å²) < 4.78 is 0. The third-order valence-electron chi connectivity index (χ3n) is 4.10. The third kappa shape index (κ3) is 4.08. The largest absolute Gasteiger partial charge is 0.327 e. The molecule has 0 bridgehead atoms. The molecule has 3 amide bonds. The van der Waals surface area contributed by atoms with Crippen LogP contribution in [0.15, 0.2) is 53.7 Å². The number of nitrogens with one attached hydrogen (secondary N) is 3. The number of hydrogen-bond acceptors (Lipinski definition) is 4. The van der Waals surface area contributed by atoms with Crippen LogP contribution in [0.4, 0.5) is 16.2 Å². The van der Waals surface area contributed by atoms with Crippen LogP contribution in [0.3, 0.4) is 0 Å². The minimum absolute atomic E-state index is 0.157. The van der Waals surface area contributed by atoms with Crippen molar-refractivity contribution in [3.63, 3.8) is 0 Å². The van der Waals surface area contributed by atoms with Gasteiger partial charge in [-0.25, -0.2) is 4.79 Å². The van der Waals surface area contributed by atoms with Crippen molar-refractivity contribution in [1.29, 1.82) is 0 Å². The van der Waals surface area contributed by atoms with Crippen LogP contribution in [0.25, 0.3) is 0 Å². The second kappa shape index (κ2) is 7.87. The highest BCUT2D eigenvalue weighted by molar-refractivity contribution is 6.35. The Bertz CT molecular complexity index is 1020. The number of amides is 3. The number of rotatable bonds is 4. The quantitative estimate of drug-likeness (QED) is 0.508. The summed E-state index contributed by atoms with van der Waals surface area (Å²) in [5.41, 5.74) is 1.13. The maximum atomic E-state index is 12.9. The Morgan fingerprint density at radius 2 is 1.96 bits per heavy atom. The van der Waals surface area contributed by atoms with E-state index in [0.29, 0.717) is 16.3 Å². The van der Waals surface area contributed by atoms with E-state index in [1.54, 1.807) is 19.1 Å². The minimum atomic E-state index is -0.822. The van der Waals surface area contributed by atoms with Gasteiger partial charge in [-0.3, -0.25) is 14.9 Å². The Morgan fingerprint density at radius 1 is 1.21 bits per heavy atom. The van der Waals surface area contributed by atoms with Crippen LogP contribution >= 0.6 is 23.2 Å². The highest BCUT2D eigenvalue weighted by atomic mass is 35.5. The molecular weight excluding hydrogens is 407 g/mol. The zero-order valence-electron chi connectivity index (χ0n) is 14.5. The van der Waals surface area contributed by atoms with Crippen molar-refractivity contribution in [3.05, 3.63) is 79.5 Å². The molecule has 0 spiro atoms. The lowest BCUT2D eigenvalue weighted by molar-refractivity contribution is -0.384. The summed E-state index contributed by atoms with van der Waals surface area (Å²) in [6.45, 7) is 1.58. The number of urea groups is 1. The second-order valence-electron chi connectivity index (χ2n) is 6.00. The summed E-state index contributed by atoms with van der Waals surface area (Å²) in [4.78, 5) is 35.3. The molecule has 1 aliphatic heterocycles. The topological polar surface area (TPSA) is 113 Å². The van der Waals surface area contributed by atoms with Gasteiger partial charge in [0.25, 0.3) is 11.6 Å². The molecule has 28 heavy (non-hydrogen) atoms. The van der Waals surface area contributed by atoms with Crippen molar-refractivity contribution in [2.24, 2.45) is 0 Å². The number of anilines is 1. The first kappa shape index (κ1) is 19.7. The average molecular weight is 421 g/mol. The minimum Gasteiger partial charge on any atom is -0.327 e. The van der Waals surface area contributed by atoms with Gasteiger partial charge in [-0.05, 0) is 30.7 Å². The standard InChI is InChI=1S/C18H14Cl2N4O4/c1-9-15(17(25)22-11-3-2-4-12(8-11)24(27)28)16(23-18(26)21-9)13-6-5-10(19)7-14(13)20/h2-8,16H,1H3,(H,22,25)(H2,21,23,26)/t16-/m0/s1. The molecule has 0 saturated heterocycles. The predicted molar refractivity (Wildman–Crippen MR) is 105 cm³/mol. The van der Waals surface area contributed by atoms with Crippen LogP contribution in [-0.2, 0) is 4.79 Å². The Balaban J connectivity index is 1.97. The molecule has 3 N–H and O–H groups in total. The van der Waals surface area contributed by atoms with Crippen LogP contribution in [-0.4, -0.2) is 16.9 Å². The van der Waals surface area contributed by atoms with E-state index in [1.165, 1.54) is 30.3 Å². The Hall–Kier alpha value is -3.10. The van der Waals surface area contributed by atoms with Gasteiger partial charge in [-0.15, -0.1) is 0 Å². The molecule has 8 nitrogen and oxygen atoms in total. The molecule has 0 fully saturated rings. The van der Waals surface area contributed by atoms with Crippen molar-refractivity contribution in [2.45, 2.75) is 13.0 Å². The number of non-ortho nitro benzene ring substituents is 1. The molecular formula is C18H14Cl2N4O4. The van der Waals surface area contributed by atoms with Crippen LogP contribution in [0, 0.1) is 10.1 Å². The number of carbonyl (C=O) groups is 2. The fourth-order valence-electron chi connectivity index (χ4n) is 2.86. The first-order valence-electron chi connectivity index (χ1n) is 8.05. The lowest BCUT2D eigenvalue weighted by Crippen LogP contribution is -2.46. The molecule has 2 aromatic carbocycles. The smallest absolute Gasteiger partial charge is 0.319 e.